The molecular formula is C14H19F2N. The largest absolute Gasteiger partial charge is 0.298 e. The maximum absolute atomic E-state index is 13.5. The van der Waals surface area contributed by atoms with Crippen molar-refractivity contribution in [1.29, 1.82) is 0 Å². The SMILES string of the molecule is CC1(C)CCCN(Cc2c(F)cccc2F)C1. The molecule has 1 aliphatic heterocycles. The summed E-state index contributed by atoms with van der Waals surface area (Å²) in [4.78, 5) is 2.14. The fourth-order valence-electron chi connectivity index (χ4n) is 2.59. The third kappa shape index (κ3) is 3.03. The second-order valence-electron chi connectivity index (χ2n) is 5.68. The van der Waals surface area contributed by atoms with E-state index in [0.717, 1.165) is 19.5 Å². The number of hydrogen-bond donors (Lipinski definition) is 0. The summed E-state index contributed by atoms with van der Waals surface area (Å²) in [5.74, 6) is -0.873. The molecule has 0 amide bonds. The van der Waals surface area contributed by atoms with Crippen LogP contribution in [0.2, 0.25) is 0 Å². The molecule has 1 aliphatic rings. The maximum Gasteiger partial charge on any atom is 0.130 e. The molecule has 0 spiro atoms. The minimum Gasteiger partial charge on any atom is -0.298 e. The van der Waals surface area contributed by atoms with Gasteiger partial charge >= 0.3 is 0 Å². The second kappa shape index (κ2) is 4.73. The molecule has 0 N–H and O–H groups in total. The van der Waals surface area contributed by atoms with Crippen LogP contribution in [0.3, 0.4) is 0 Å². The molecule has 0 bridgehead atoms. The van der Waals surface area contributed by atoms with Crippen molar-refractivity contribution in [3.05, 3.63) is 35.4 Å². The predicted molar refractivity (Wildman–Crippen MR) is 64.7 cm³/mol. The Morgan fingerprint density at radius 3 is 2.47 bits per heavy atom. The van der Waals surface area contributed by atoms with Gasteiger partial charge in [0.2, 0.25) is 0 Å². The number of benzene rings is 1. The highest BCUT2D eigenvalue weighted by atomic mass is 19.1. The molecule has 1 saturated heterocycles. The monoisotopic (exact) mass is 239 g/mol. The van der Waals surface area contributed by atoms with Crippen LogP contribution in [-0.4, -0.2) is 18.0 Å². The van der Waals surface area contributed by atoms with E-state index in [2.05, 4.69) is 18.7 Å². The van der Waals surface area contributed by atoms with Gasteiger partial charge in [-0.05, 0) is 36.9 Å². The third-order valence-corrected chi connectivity index (χ3v) is 3.42. The highest BCUT2D eigenvalue weighted by molar-refractivity contribution is 5.19. The second-order valence-corrected chi connectivity index (χ2v) is 5.68. The van der Waals surface area contributed by atoms with Crippen LogP contribution in [0.5, 0.6) is 0 Å². The Balaban J connectivity index is 2.10. The van der Waals surface area contributed by atoms with E-state index >= 15 is 0 Å². The van der Waals surface area contributed by atoms with Crippen LogP contribution in [0.25, 0.3) is 0 Å². The lowest BCUT2D eigenvalue weighted by molar-refractivity contribution is 0.109. The third-order valence-electron chi connectivity index (χ3n) is 3.42. The van der Waals surface area contributed by atoms with Crippen molar-refractivity contribution in [2.75, 3.05) is 13.1 Å². The van der Waals surface area contributed by atoms with E-state index in [-0.39, 0.29) is 11.0 Å². The van der Waals surface area contributed by atoms with E-state index in [4.69, 9.17) is 0 Å². The lowest BCUT2D eigenvalue weighted by Crippen LogP contribution is -2.39. The summed E-state index contributed by atoms with van der Waals surface area (Å²) >= 11 is 0. The molecule has 1 fully saturated rings. The number of nitrogens with zero attached hydrogens (tertiary/aromatic N) is 1. The summed E-state index contributed by atoms with van der Waals surface area (Å²) in [6, 6.07) is 4.06. The standard InChI is InChI=1S/C14H19F2N/c1-14(2)7-4-8-17(10-14)9-11-12(15)5-3-6-13(11)16/h3,5-6H,4,7-10H2,1-2H3. The van der Waals surface area contributed by atoms with Crippen molar-refractivity contribution in [3.8, 4) is 0 Å². The number of likely N-dealkylation sites (tertiary alicyclic amines) is 1. The molecule has 2 rings (SSSR count). The Morgan fingerprint density at radius 1 is 1.24 bits per heavy atom. The smallest absolute Gasteiger partial charge is 0.130 e. The zero-order chi connectivity index (χ0) is 12.5. The van der Waals surface area contributed by atoms with Gasteiger partial charge < -0.3 is 0 Å². The number of piperidine rings is 1. The fraction of sp³-hybridized carbons (Fsp3) is 0.571. The predicted octanol–water partition coefficient (Wildman–Crippen LogP) is 3.59. The average Bonchev–Trinajstić information content (AvgIpc) is 2.22. The molecule has 1 aromatic carbocycles. The Kier molecular flexibility index (Phi) is 3.48. The molecule has 0 unspecified atom stereocenters. The van der Waals surface area contributed by atoms with Crippen LogP contribution in [0.15, 0.2) is 18.2 Å². The van der Waals surface area contributed by atoms with Gasteiger partial charge in [-0.1, -0.05) is 19.9 Å². The van der Waals surface area contributed by atoms with E-state index in [1.165, 1.54) is 24.6 Å². The van der Waals surface area contributed by atoms with Gasteiger partial charge in [0.05, 0.1) is 0 Å². The van der Waals surface area contributed by atoms with Crippen LogP contribution in [0.1, 0.15) is 32.3 Å². The topological polar surface area (TPSA) is 3.24 Å². The van der Waals surface area contributed by atoms with E-state index < -0.39 is 11.6 Å². The van der Waals surface area contributed by atoms with Gasteiger partial charge in [-0.3, -0.25) is 4.90 Å². The van der Waals surface area contributed by atoms with Crippen molar-refractivity contribution in [3.63, 3.8) is 0 Å². The van der Waals surface area contributed by atoms with Gasteiger partial charge in [0, 0.05) is 18.7 Å². The lowest BCUT2D eigenvalue weighted by atomic mass is 9.84. The van der Waals surface area contributed by atoms with Crippen LogP contribution in [-0.2, 0) is 6.54 Å². The molecule has 0 radical (unpaired) electrons. The molecule has 0 atom stereocenters. The average molecular weight is 239 g/mol. The maximum atomic E-state index is 13.5. The molecule has 1 heterocycles. The van der Waals surface area contributed by atoms with Crippen molar-refractivity contribution in [2.45, 2.75) is 33.2 Å². The summed E-state index contributed by atoms with van der Waals surface area (Å²) in [7, 11) is 0. The van der Waals surface area contributed by atoms with Gasteiger partial charge in [0.15, 0.2) is 0 Å². The molecule has 0 saturated carbocycles. The molecule has 0 aliphatic carbocycles. The summed E-state index contributed by atoms with van der Waals surface area (Å²) in [6.07, 6.45) is 2.28. The highest BCUT2D eigenvalue weighted by Crippen LogP contribution is 2.29. The van der Waals surface area contributed by atoms with E-state index in [1.54, 1.807) is 0 Å². The van der Waals surface area contributed by atoms with Gasteiger partial charge in [0.25, 0.3) is 0 Å². The molecular weight excluding hydrogens is 220 g/mol. The minimum absolute atomic E-state index is 0.199. The molecule has 3 heteroatoms. The first-order chi connectivity index (χ1) is 7.98. The Labute approximate surface area is 101 Å². The molecule has 94 valence electrons. The summed E-state index contributed by atoms with van der Waals surface area (Å²) in [6.45, 7) is 6.62. The Hall–Kier alpha value is -0.960. The van der Waals surface area contributed by atoms with Crippen LogP contribution < -0.4 is 0 Å². The summed E-state index contributed by atoms with van der Waals surface area (Å²) in [5.41, 5.74) is 0.449. The summed E-state index contributed by atoms with van der Waals surface area (Å²) < 4.78 is 27.1. The van der Waals surface area contributed by atoms with Crippen LogP contribution in [0, 0.1) is 17.0 Å². The van der Waals surface area contributed by atoms with E-state index in [0.29, 0.717) is 6.54 Å². The van der Waals surface area contributed by atoms with Crippen LogP contribution in [0.4, 0.5) is 8.78 Å². The highest BCUT2D eigenvalue weighted by Gasteiger charge is 2.27. The normalized spacial score (nSPS) is 20.5. The first kappa shape index (κ1) is 12.5. The van der Waals surface area contributed by atoms with Crippen molar-refractivity contribution in [2.24, 2.45) is 5.41 Å². The van der Waals surface area contributed by atoms with Crippen molar-refractivity contribution < 1.29 is 8.78 Å². The van der Waals surface area contributed by atoms with E-state index in [9.17, 15) is 8.78 Å². The number of hydrogen-bond acceptors (Lipinski definition) is 1. The van der Waals surface area contributed by atoms with Crippen molar-refractivity contribution in [1.82, 2.24) is 4.90 Å². The first-order valence-corrected chi connectivity index (χ1v) is 6.13. The minimum atomic E-state index is -0.437. The van der Waals surface area contributed by atoms with Gasteiger partial charge in [-0.25, -0.2) is 8.78 Å². The molecule has 1 nitrogen and oxygen atoms in total. The van der Waals surface area contributed by atoms with Gasteiger partial charge in [0.1, 0.15) is 11.6 Å². The van der Waals surface area contributed by atoms with Gasteiger partial charge in [-0.2, -0.15) is 0 Å². The molecule has 1 aromatic rings. The zero-order valence-corrected chi connectivity index (χ0v) is 10.5. The number of rotatable bonds is 2. The zero-order valence-electron chi connectivity index (χ0n) is 10.5. The molecule has 0 aromatic heterocycles. The Morgan fingerprint density at radius 2 is 1.88 bits per heavy atom. The first-order valence-electron chi connectivity index (χ1n) is 6.13. The molecule has 17 heavy (non-hydrogen) atoms. The number of halogens is 2. The quantitative estimate of drug-likeness (QED) is 0.762. The summed E-state index contributed by atoms with van der Waals surface area (Å²) in [5, 5.41) is 0. The van der Waals surface area contributed by atoms with E-state index in [1.807, 2.05) is 0 Å². The lowest BCUT2D eigenvalue weighted by Gasteiger charge is -2.38. The van der Waals surface area contributed by atoms with Crippen LogP contribution >= 0.6 is 0 Å². The van der Waals surface area contributed by atoms with Gasteiger partial charge in [-0.15, -0.1) is 0 Å². The fourth-order valence-corrected chi connectivity index (χ4v) is 2.59. The Bertz CT molecular complexity index is 381. The van der Waals surface area contributed by atoms with Crippen molar-refractivity contribution >= 4 is 0 Å².